The summed E-state index contributed by atoms with van der Waals surface area (Å²) >= 11 is 0. The summed E-state index contributed by atoms with van der Waals surface area (Å²) in [7, 11) is -7.33. The molecule has 2 aliphatic rings. The number of aromatic nitrogens is 4. The third-order valence-corrected chi connectivity index (χ3v) is 9.78. The van der Waals surface area contributed by atoms with Gasteiger partial charge < -0.3 is 10.6 Å². The van der Waals surface area contributed by atoms with Gasteiger partial charge in [0, 0.05) is 107 Å². The average Bonchev–Trinajstić information content (AvgIpc) is 3.22. The summed E-state index contributed by atoms with van der Waals surface area (Å²) in [5, 5.41) is 9.62. The number of nitrogens with zero attached hydrogens (tertiary/aromatic N) is 6. The first-order valence-electron chi connectivity index (χ1n) is 19.0. The Morgan fingerprint density at radius 3 is 1.19 bits per heavy atom. The van der Waals surface area contributed by atoms with E-state index in [1.54, 1.807) is 36.9 Å². The Bertz CT molecular complexity index is 2710. The van der Waals surface area contributed by atoms with Crippen LogP contribution in [0.4, 0.5) is 0 Å². The SMILES string of the molecule is CC(CNCCNCC(C)N1C(=O)c2cccc3cc(-c4cncnc4)cc(c23)C1=O)N1C(=O)c2cccc3cc(-c4cncnc4)cc(c23)C1=O.CS(=O)(=O)O.CS(=O)(=O)O. The number of imide groups is 2. The van der Waals surface area contributed by atoms with Gasteiger partial charge in [-0.1, -0.05) is 24.3 Å². The van der Waals surface area contributed by atoms with Crippen molar-refractivity contribution in [1.82, 2.24) is 40.4 Å². The molecule has 4 N–H and O–H groups in total. The van der Waals surface area contributed by atoms with E-state index >= 15 is 0 Å². The van der Waals surface area contributed by atoms with Crippen LogP contribution in [0.25, 0.3) is 43.8 Å². The molecule has 20 heteroatoms. The first kappa shape index (κ1) is 45.1. The number of carbonyl (C=O) groups excluding carboxylic acids is 4. The number of amides is 4. The highest BCUT2D eigenvalue weighted by Gasteiger charge is 2.37. The Balaban J connectivity index is 0.000000578. The van der Waals surface area contributed by atoms with Crippen LogP contribution in [-0.4, -0.2) is 130 Å². The zero-order valence-corrected chi connectivity index (χ0v) is 35.5. The summed E-state index contributed by atoms with van der Waals surface area (Å²) in [5.41, 5.74) is 5.10. The van der Waals surface area contributed by atoms with E-state index in [1.807, 2.05) is 62.4 Å². The number of nitrogens with one attached hydrogen (secondary N) is 2. The van der Waals surface area contributed by atoms with Crippen molar-refractivity contribution in [3.63, 3.8) is 0 Å². The van der Waals surface area contributed by atoms with E-state index in [0.29, 0.717) is 71.7 Å². The smallest absolute Gasteiger partial charge is 0.261 e. The molecule has 2 unspecified atom stereocenters. The van der Waals surface area contributed by atoms with Crippen molar-refractivity contribution in [2.45, 2.75) is 25.9 Å². The van der Waals surface area contributed by atoms with Crippen molar-refractivity contribution in [2.75, 3.05) is 38.7 Å². The zero-order chi connectivity index (χ0) is 44.9. The number of rotatable bonds is 11. The molecule has 0 aliphatic carbocycles. The third kappa shape index (κ3) is 10.5. The second-order valence-electron chi connectivity index (χ2n) is 14.6. The van der Waals surface area contributed by atoms with Gasteiger partial charge in [0.05, 0.1) is 12.5 Å². The highest BCUT2D eigenvalue weighted by atomic mass is 32.2. The van der Waals surface area contributed by atoms with Crippen LogP contribution in [0.2, 0.25) is 0 Å². The van der Waals surface area contributed by atoms with Gasteiger partial charge in [0.1, 0.15) is 12.7 Å². The minimum absolute atomic E-state index is 0.322. The molecule has 2 aromatic heterocycles. The summed E-state index contributed by atoms with van der Waals surface area (Å²) in [4.78, 5) is 74.1. The number of benzene rings is 4. The van der Waals surface area contributed by atoms with Gasteiger partial charge in [0.15, 0.2) is 0 Å². The molecule has 0 saturated heterocycles. The van der Waals surface area contributed by atoms with E-state index in [0.717, 1.165) is 33.0 Å². The molecule has 6 aromatic rings. The van der Waals surface area contributed by atoms with E-state index < -0.39 is 32.3 Å². The van der Waals surface area contributed by atoms with Crippen LogP contribution in [0, 0.1) is 0 Å². The average molecular weight is 883 g/mol. The van der Waals surface area contributed by atoms with Crippen molar-refractivity contribution in [3.05, 3.63) is 120 Å². The number of hydrogen-bond donors (Lipinski definition) is 4. The summed E-state index contributed by atoms with van der Waals surface area (Å²) in [6.45, 7) is 5.52. The van der Waals surface area contributed by atoms with Crippen LogP contribution in [0.15, 0.2) is 98.1 Å². The summed E-state index contributed by atoms with van der Waals surface area (Å²) < 4.78 is 51.7. The first-order valence-corrected chi connectivity index (χ1v) is 22.7. The van der Waals surface area contributed by atoms with Gasteiger partial charge in [0.2, 0.25) is 0 Å². The molecule has 322 valence electrons. The Morgan fingerprint density at radius 2 is 0.855 bits per heavy atom. The fourth-order valence-corrected chi connectivity index (χ4v) is 7.26. The summed E-state index contributed by atoms with van der Waals surface area (Å²) in [5.74, 6) is -1.33. The van der Waals surface area contributed by atoms with Gasteiger partial charge >= 0.3 is 0 Å². The van der Waals surface area contributed by atoms with E-state index in [-0.39, 0.29) is 23.6 Å². The Morgan fingerprint density at radius 1 is 0.532 bits per heavy atom. The molecule has 0 spiro atoms. The van der Waals surface area contributed by atoms with E-state index in [1.165, 1.54) is 22.5 Å². The van der Waals surface area contributed by atoms with Crippen LogP contribution >= 0.6 is 0 Å². The van der Waals surface area contributed by atoms with Crippen LogP contribution in [0.1, 0.15) is 55.3 Å². The minimum Gasteiger partial charge on any atom is -0.313 e. The lowest BCUT2D eigenvalue weighted by Crippen LogP contribution is -2.51. The topological polar surface area (TPSA) is 259 Å². The monoisotopic (exact) mass is 882 g/mol. The second kappa shape index (κ2) is 18.7. The predicted molar refractivity (Wildman–Crippen MR) is 231 cm³/mol. The molecule has 2 aliphatic heterocycles. The molecule has 0 bridgehead atoms. The lowest BCUT2D eigenvalue weighted by atomic mass is 9.90. The number of carbonyl (C=O) groups is 4. The maximum absolute atomic E-state index is 13.8. The molecule has 2 atom stereocenters. The molecule has 4 amide bonds. The normalized spacial score (nSPS) is 14.5. The van der Waals surface area contributed by atoms with Crippen molar-refractivity contribution in [2.24, 2.45) is 0 Å². The largest absolute Gasteiger partial charge is 0.313 e. The molecule has 62 heavy (non-hydrogen) atoms. The standard InChI is InChI=1S/C40H34N8O4.2CH4O3S/c1-23(47-37(49)31-7-3-5-25-11-27(29-17-43-21-44-18-29)13-33(35(25)31)39(47)51)15-41-9-10-42-16-24(2)48-38(50)32-8-4-6-26-12-28(30-19-45-22-46-20-30)14-34(36(26)32)40(48)52;2*1-5(2,3)4/h3-8,11-14,17-24,41-42H,9-10,15-16H2,1-2H3;2*1H3,(H,2,3,4). The van der Waals surface area contributed by atoms with E-state index in [2.05, 4.69) is 30.6 Å². The molecule has 0 radical (unpaired) electrons. The molecule has 18 nitrogen and oxygen atoms in total. The van der Waals surface area contributed by atoms with E-state index in [9.17, 15) is 36.0 Å². The maximum Gasteiger partial charge on any atom is 0.261 e. The molecular formula is C42H42N8O10S2. The third-order valence-electron chi connectivity index (χ3n) is 9.78. The fourth-order valence-electron chi connectivity index (χ4n) is 7.26. The second-order valence-corrected chi connectivity index (χ2v) is 17.6. The van der Waals surface area contributed by atoms with Crippen molar-refractivity contribution < 1.29 is 45.1 Å². The quantitative estimate of drug-likeness (QED) is 0.0820. The highest BCUT2D eigenvalue weighted by Crippen LogP contribution is 2.36. The van der Waals surface area contributed by atoms with Gasteiger partial charge in [-0.05, 0) is 72.1 Å². The van der Waals surface area contributed by atoms with Gasteiger partial charge in [-0.25, -0.2) is 19.9 Å². The fraction of sp³-hybridized carbons (Fsp3) is 0.238. The Kier molecular flexibility index (Phi) is 13.6. The summed E-state index contributed by atoms with van der Waals surface area (Å²) in [6.07, 6.45) is 11.1. The first-order chi connectivity index (χ1) is 29.3. The van der Waals surface area contributed by atoms with Gasteiger partial charge in [-0.2, -0.15) is 16.8 Å². The van der Waals surface area contributed by atoms with Crippen molar-refractivity contribution in [1.29, 1.82) is 0 Å². The molecule has 0 saturated carbocycles. The molecule has 4 aromatic carbocycles. The zero-order valence-electron chi connectivity index (χ0n) is 33.9. The van der Waals surface area contributed by atoms with Crippen molar-refractivity contribution in [3.8, 4) is 22.3 Å². The maximum atomic E-state index is 13.8. The highest BCUT2D eigenvalue weighted by molar-refractivity contribution is 7.85. The Labute approximate surface area is 356 Å². The van der Waals surface area contributed by atoms with Gasteiger partial charge in [0.25, 0.3) is 43.9 Å². The van der Waals surface area contributed by atoms with E-state index in [4.69, 9.17) is 9.11 Å². The molecular weight excluding hydrogens is 841 g/mol. The number of hydrogen-bond acceptors (Lipinski definition) is 14. The predicted octanol–water partition coefficient (Wildman–Crippen LogP) is 3.76. The lowest BCUT2D eigenvalue weighted by molar-refractivity contribution is 0.0532. The lowest BCUT2D eigenvalue weighted by Gasteiger charge is -2.33. The van der Waals surface area contributed by atoms with Gasteiger partial charge in [-0.15, -0.1) is 0 Å². The summed E-state index contributed by atoms with van der Waals surface area (Å²) in [6, 6.07) is 17.7. The van der Waals surface area contributed by atoms with Crippen molar-refractivity contribution >= 4 is 65.4 Å². The molecule has 8 rings (SSSR count). The van der Waals surface area contributed by atoms with Crippen LogP contribution in [-0.2, 0) is 20.2 Å². The van der Waals surface area contributed by atoms with Crippen LogP contribution < -0.4 is 10.6 Å². The van der Waals surface area contributed by atoms with Gasteiger partial charge in [-0.3, -0.25) is 38.1 Å². The minimum atomic E-state index is -3.67. The van der Waals surface area contributed by atoms with Crippen LogP contribution in [0.3, 0.4) is 0 Å². The molecule has 0 fully saturated rings. The molecule has 4 heterocycles. The Hall–Kier alpha value is -6.42. The van der Waals surface area contributed by atoms with Crippen LogP contribution in [0.5, 0.6) is 0 Å².